The molecule has 0 unspecified atom stereocenters. The Labute approximate surface area is 209 Å². The van der Waals surface area contributed by atoms with Crippen LogP contribution in [0.15, 0.2) is 24.5 Å². The molecule has 2 aliphatic rings. The Kier molecular flexibility index (Phi) is 9.67. The second-order valence-corrected chi connectivity index (χ2v) is 10.7. The van der Waals surface area contributed by atoms with Crippen molar-refractivity contribution < 1.29 is 24.2 Å². The van der Waals surface area contributed by atoms with Gasteiger partial charge in [-0.25, -0.2) is 0 Å². The van der Waals surface area contributed by atoms with E-state index in [4.69, 9.17) is 9.47 Å². The van der Waals surface area contributed by atoms with Crippen LogP contribution < -0.4 is 5.32 Å². The van der Waals surface area contributed by atoms with Gasteiger partial charge in [-0.2, -0.15) is 0 Å². The molecule has 2 amide bonds. The number of rotatable bonds is 10. The molecular formula is C27H43N3O5. The maximum Gasteiger partial charge on any atom is 0.251 e. The predicted molar refractivity (Wildman–Crippen MR) is 134 cm³/mol. The van der Waals surface area contributed by atoms with Crippen LogP contribution in [-0.2, 0) is 14.3 Å². The van der Waals surface area contributed by atoms with Gasteiger partial charge in [0, 0.05) is 57.2 Å². The van der Waals surface area contributed by atoms with Crippen LogP contribution in [0.5, 0.6) is 0 Å². The van der Waals surface area contributed by atoms with E-state index >= 15 is 0 Å². The highest BCUT2D eigenvalue weighted by atomic mass is 16.5. The lowest BCUT2D eigenvalue weighted by Crippen LogP contribution is -2.58. The summed E-state index contributed by atoms with van der Waals surface area (Å²) in [5.74, 6) is -0.382. The number of methoxy groups -OCH3 is 2. The van der Waals surface area contributed by atoms with E-state index in [1.807, 2.05) is 6.92 Å². The van der Waals surface area contributed by atoms with Gasteiger partial charge in [0.05, 0.1) is 19.3 Å². The molecule has 2 fully saturated rings. The molecule has 0 saturated heterocycles. The average molecular weight is 490 g/mol. The second kappa shape index (κ2) is 12.3. The Hall–Kier alpha value is -2.03. The van der Waals surface area contributed by atoms with Crippen molar-refractivity contribution >= 4 is 11.8 Å². The number of nitrogens with one attached hydrogen (secondary N) is 1. The van der Waals surface area contributed by atoms with E-state index in [0.717, 1.165) is 25.7 Å². The third-order valence-electron chi connectivity index (χ3n) is 8.62. The molecule has 7 atom stereocenters. The van der Waals surface area contributed by atoms with Crippen LogP contribution in [0.25, 0.3) is 0 Å². The number of aliphatic hydroxyl groups excluding tert-OH is 1. The van der Waals surface area contributed by atoms with Crippen molar-refractivity contribution in [3.8, 4) is 0 Å². The number of hydrogen-bond acceptors (Lipinski definition) is 6. The monoisotopic (exact) mass is 489 g/mol. The SMILES string of the molecule is COCCN(CCOC)C(=O)[C@@H](C)[C@H]1CC[C@]2(C)CC[C@H](NC(=O)c3ccncc3)[C@H](C)[C@@H]2[C@H]1O. The normalized spacial score (nSPS) is 31.3. The van der Waals surface area contributed by atoms with E-state index in [-0.39, 0.29) is 46.9 Å². The molecule has 8 heteroatoms. The topological polar surface area (TPSA) is 101 Å². The molecule has 2 N–H and O–H groups in total. The number of aliphatic hydroxyl groups is 1. The van der Waals surface area contributed by atoms with Crippen molar-refractivity contribution in [3.63, 3.8) is 0 Å². The highest BCUT2D eigenvalue weighted by Gasteiger charge is 2.54. The molecular weight excluding hydrogens is 446 g/mol. The molecule has 1 heterocycles. The van der Waals surface area contributed by atoms with Crippen LogP contribution in [0, 0.1) is 29.1 Å². The highest BCUT2D eigenvalue weighted by molar-refractivity contribution is 5.94. The summed E-state index contributed by atoms with van der Waals surface area (Å²) in [6.45, 7) is 8.30. The largest absolute Gasteiger partial charge is 0.392 e. The minimum absolute atomic E-state index is 0.00177. The zero-order chi connectivity index (χ0) is 25.6. The van der Waals surface area contributed by atoms with Crippen molar-refractivity contribution in [1.82, 2.24) is 15.2 Å². The lowest BCUT2D eigenvalue weighted by Gasteiger charge is -2.56. The van der Waals surface area contributed by atoms with E-state index < -0.39 is 6.10 Å². The van der Waals surface area contributed by atoms with Gasteiger partial charge in [-0.1, -0.05) is 20.8 Å². The van der Waals surface area contributed by atoms with Crippen LogP contribution in [0.4, 0.5) is 0 Å². The van der Waals surface area contributed by atoms with Crippen molar-refractivity contribution in [3.05, 3.63) is 30.1 Å². The number of pyridine rings is 1. The fraction of sp³-hybridized carbons (Fsp3) is 0.741. The summed E-state index contributed by atoms with van der Waals surface area (Å²) in [5, 5.41) is 14.9. The summed E-state index contributed by atoms with van der Waals surface area (Å²) in [7, 11) is 3.25. The van der Waals surface area contributed by atoms with E-state index in [2.05, 4.69) is 24.1 Å². The molecule has 196 valence electrons. The summed E-state index contributed by atoms with van der Waals surface area (Å²) in [6, 6.07) is 3.41. The van der Waals surface area contributed by atoms with Gasteiger partial charge in [0.1, 0.15) is 0 Å². The number of fused-ring (bicyclic) bond motifs is 1. The Bertz CT molecular complexity index is 829. The van der Waals surface area contributed by atoms with Gasteiger partial charge in [-0.05, 0) is 61.0 Å². The fourth-order valence-corrected chi connectivity index (χ4v) is 6.46. The van der Waals surface area contributed by atoms with Crippen molar-refractivity contribution in [2.75, 3.05) is 40.5 Å². The molecule has 0 radical (unpaired) electrons. The van der Waals surface area contributed by atoms with Crippen molar-refractivity contribution in [2.45, 2.75) is 58.6 Å². The highest BCUT2D eigenvalue weighted by Crippen LogP contribution is 2.55. The second-order valence-electron chi connectivity index (χ2n) is 10.7. The summed E-state index contributed by atoms with van der Waals surface area (Å²) in [4.78, 5) is 32.0. The maximum absolute atomic E-state index is 13.4. The predicted octanol–water partition coefficient (Wildman–Crippen LogP) is 2.76. The zero-order valence-corrected chi connectivity index (χ0v) is 21.9. The van der Waals surface area contributed by atoms with Crippen LogP contribution in [0.1, 0.15) is 56.8 Å². The van der Waals surface area contributed by atoms with E-state index in [1.165, 1.54) is 0 Å². The van der Waals surface area contributed by atoms with Crippen LogP contribution >= 0.6 is 0 Å². The molecule has 2 saturated carbocycles. The first-order valence-corrected chi connectivity index (χ1v) is 12.9. The minimum atomic E-state index is -0.602. The Morgan fingerprint density at radius 2 is 1.77 bits per heavy atom. The first kappa shape index (κ1) is 27.6. The van der Waals surface area contributed by atoms with Crippen LogP contribution in [-0.4, -0.2) is 79.5 Å². The van der Waals surface area contributed by atoms with Gasteiger partial charge in [0.15, 0.2) is 0 Å². The third-order valence-corrected chi connectivity index (χ3v) is 8.62. The average Bonchev–Trinajstić information content (AvgIpc) is 2.85. The van der Waals surface area contributed by atoms with Gasteiger partial charge < -0.3 is 24.8 Å². The number of ether oxygens (including phenoxy) is 2. The fourth-order valence-electron chi connectivity index (χ4n) is 6.46. The third kappa shape index (κ3) is 6.22. The van der Waals surface area contributed by atoms with Crippen LogP contribution in [0.3, 0.4) is 0 Å². The molecule has 0 bridgehead atoms. The quantitative estimate of drug-likeness (QED) is 0.524. The van der Waals surface area contributed by atoms with Gasteiger partial charge in [0.25, 0.3) is 5.91 Å². The number of hydrogen-bond donors (Lipinski definition) is 2. The summed E-state index contributed by atoms with van der Waals surface area (Å²) in [6.07, 6.45) is 6.27. The van der Waals surface area contributed by atoms with Gasteiger partial charge in [-0.15, -0.1) is 0 Å². The molecule has 1 aromatic rings. The Balaban J connectivity index is 1.72. The molecule has 3 rings (SSSR count). The number of aromatic nitrogens is 1. The van der Waals surface area contributed by atoms with Crippen molar-refractivity contribution in [1.29, 1.82) is 0 Å². The molecule has 35 heavy (non-hydrogen) atoms. The van der Waals surface area contributed by atoms with Crippen LogP contribution in [0.2, 0.25) is 0 Å². The standard InChI is InChI=1S/C27H43N3O5/c1-18(26(33)30(14-16-34-4)15-17-35-5)21-6-10-27(3)11-7-22(19(2)23(27)24(21)31)29-25(32)20-8-12-28-13-9-20/h8-9,12-13,18-19,21-24,31H,6-7,10-11,14-17H2,1-5H3,(H,29,32)/t18-,19-,21+,22-,23+,24-,27+/m0/s1. The van der Waals surface area contributed by atoms with E-state index in [0.29, 0.717) is 31.9 Å². The van der Waals surface area contributed by atoms with Gasteiger partial charge in [0.2, 0.25) is 5.91 Å². The molecule has 2 aliphatic carbocycles. The molecule has 0 aromatic carbocycles. The first-order chi connectivity index (χ1) is 16.7. The lowest BCUT2D eigenvalue weighted by molar-refractivity contribution is -0.151. The van der Waals surface area contributed by atoms with Crippen molar-refractivity contribution in [2.24, 2.45) is 29.1 Å². The smallest absolute Gasteiger partial charge is 0.251 e. The summed E-state index contributed by atoms with van der Waals surface area (Å²) in [5.41, 5.74) is 0.593. The van der Waals surface area contributed by atoms with Gasteiger partial charge >= 0.3 is 0 Å². The molecule has 1 aromatic heterocycles. The molecule has 0 aliphatic heterocycles. The Morgan fingerprint density at radius 1 is 1.17 bits per heavy atom. The Morgan fingerprint density at radius 3 is 2.37 bits per heavy atom. The molecule has 0 spiro atoms. The molecule has 8 nitrogen and oxygen atoms in total. The maximum atomic E-state index is 13.4. The first-order valence-electron chi connectivity index (χ1n) is 12.9. The zero-order valence-electron chi connectivity index (χ0n) is 21.9. The minimum Gasteiger partial charge on any atom is -0.392 e. The van der Waals surface area contributed by atoms with E-state index in [9.17, 15) is 14.7 Å². The number of amides is 2. The lowest BCUT2D eigenvalue weighted by atomic mass is 9.51. The number of carbonyl (C=O) groups excluding carboxylic acids is 2. The summed E-state index contributed by atoms with van der Waals surface area (Å²) < 4.78 is 10.4. The number of nitrogens with zero attached hydrogens (tertiary/aromatic N) is 2. The summed E-state index contributed by atoms with van der Waals surface area (Å²) >= 11 is 0. The van der Waals surface area contributed by atoms with Gasteiger partial charge in [-0.3, -0.25) is 14.6 Å². The number of carbonyl (C=O) groups is 2. The van der Waals surface area contributed by atoms with E-state index in [1.54, 1.807) is 43.6 Å².